The molecule has 3 heterocycles. The van der Waals surface area contributed by atoms with Crippen LogP contribution in [0.15, 0.2) is 42.7 Å². The van der Waals surface area contributed by atoms with E-state index in [0.29, 0.717) is 58.2 Å². The van der Waals surface area contributed by atoms with Gasteiger partial charge in [-0.2, -0.15) is 0 Å². The number of carbonyl (C=O) groups excluding carboxylic acids is 2. The fourth-order valence-electron chi connectivity index (χ4n) is 5.17. The van der Waals surface area contributed by atoms with Crippen molar-refractivity contribution in [3.8, 4) is 0 Å². The molecule has 4 rings (SSSR count). The maximum Gasteiger partial charge on any atom is 0.290 e. The summed E-state index contributed by atoms with van der Waals surface area (Å²) in [7, 11) is 0. The Bertz CT molecular complexity index is 1080. The van der Waals surface area contributed by atoms with Crippen LogP contribution >= 0.6 is 0 Å². The van der Waals surface area contributed by atoms with Crippen molar-refractivity contribution in [2.24, 2.45) is 11.8 Å². The normalized spacial score (nSPS) is 21.4. The first-order chi connectivity index (χ1) is 17.0. The van der Waals surface area contributed by atoms with Crippen molar-refractivity contribution < 1.29 is 14.3 Å². The lowest BCUT2D eigenvalue weighted by atomic mass is 9.92. The van der Waals surface area contributed by atoms with E-state index in [1.165, 1.54) is 0 Å². The van der Waals surface area contributed by atoms with E-state index in [9.17, 15) is 9.59 Å². The Hall–Kier alpha value is -2.93. The van der Waals surface area contributed by atoms with Gasteiger partial charge in [0.1, 0.15) is 0 Å². The number of rotatable bonds is 8. The standard InChI is InChI=1S/C27H37N5O3/c1-4-8-20(3)19-32(22-16-21(17-28-18-22)26(33)30-12-14-35-15-13-30)27(34)25-29-23-9-6-7-10-24(23)31(25)11-5-2/h6-10,20-22,28H,1,5,11-19H2,2-3H3/t20?,21?,22-/m0/s1. The highest BCUT2D eigenvalue weighted by atomic mass is 16.5. The molecule has 188 valence electrons. The van der Waals surface area contributed by atoms with Gasteiger partial charge < -0.3 is 24.4 Å². The number of nitrogens with one attached hydrogen (secondary N) is 1. The molecule has 1 N–H and O–H groups in total. The summed E-state index contributed by atoms with van der Waals surface area (Å²) >= 11 is 0. The molecule has 8 nitrogen and oxygen atoms in total. The summed E-state index contributed by atoms with van der Waals surface area (Å²) in [5, 5.41) is 3.43. The molecule has 2 aromatic rings. The van der Waals surface area contributed by atoms with Gasteiger partial charge in [-0.25, -0.2) is 4.98 Å². The molecule has 2 aliphatic rings. The van der Waals surface area contributed by atoms with Gasteiger partial charge in [0.15, 0.2) is 5.82 Å². The molecule has 0 aliphatic carbocycles. The van der Waals surface area contributed by atoms with Crippen molar-refractivity contribution in [3.05, 3.63) is 48.5 Å². The molecular weight excluding hydrogens is 442 g/mol. The van der Waals surface area contributed by atoms with Crippen LogP contribution in [0.1, 0.15) is 37.3 Å². The van der Waals surface area contributed by atoms with E-state index < -0.39 is 0 Å². The highest BCUT2D eigenvalue weighted by molar-refractivity contribution is 5.95. The Morgan fingerprint density at radius 1 is 1.31 bits per heavy atom. The first kappa shape index (κ1) is 25.2. The van der Waals surface area contributed by atoms with Crippen LogP contribution in [0.2, 0.25) is 0 Å². The van der Waals surface area contributed by atoms with Crippen LogP contribution in [0.4, 0.5) is 0 Å². The average Bonchev–Trinajstić information content (AvgIpc) is 3.26. The van der Waals surface area contributed by atoms with Gasteiger partial charge in [0.25, 0.3) is 5.91 Å². The molecule has 0 spiro atoms. The third-order valence-electron chi connectivity index (χ3n) is 6.88. The Morgan fingerprint density at radius 3 is 2.83 bits per heavy atom. The molecule has 2 amide bonds. The van der Waals surface area contributed by atoms with Gasteiger partial charge >= 0.3 is 0 Å². The van der Waals surface area contributed by atoms with Crippen LogP contribution in [0.3, 0.4) is 0 Å². The largest absolute Gasteiger partial charge is 0.378 e. The van der Waals surface area contributed by atoms with E-state index in [2.05, 4.69) is 31.5 Å². The predicted octanol–water partition coefficient (Wildman–Crippen LogP) is 2.70. The quantitative estimate of drug-likeness (QED) is 0.589. The minimum Gasteiger partial charge on any atom is -0.378 e. The number of benzene rings is 1. The molecular formula is C27H37N5O3. The van der Waals surface area contributed by atoms with E-state index in [1.54, 1.807) is 0 Å². The number of imidazole rings is 1. The summed E-state index contributed by atoms with van der Waals surface area (Å²) in [6.45, 7) is 12.8. The Morgan fingerprint density at radius 2 is 2.09 bits per heavy atom. The maximum atomic E-state index is 14.1. The SMILES string of the molecule is C=C=CC(C)CN(C(=O)c1nc2ccccc2n1CCC)[C@@H]1CNCC(C(=O)N2CCOCC2)C1. The average molecular weight is 480 g/mol. The molecule has 0 bridgehead atoms. The third kappa shape index (κ3) is 5.67. The number of aryl methyl sites for hydroxylation is 1. The smallest absolute Gasteiger partial charge is 0.290 e. The molecule has 8 heteroatoms. The molecule has 35 heavy (non-hydrogen) atoms. The number of amides is 2. The minimum absolute atomic E-state index is 0.0794. The van der Waals surface area contributed by atoms with E-state index in [0.717, 1.165) is 24.0 Å². The molecule has 2 saturated heterocycles. The second-order valence-corrected chi connectivity index (χ2v) is 9.56. The van der Waals surface area contributed by atoms with Crippen LogP contribution in [-0.2, 0) is 16.1 Å². The summed E-state index contributed by atoms with van der Waals surface area (Å²) in [5.74, 6) is 0.433. The number of hydrogen-bond donors (Lipinski definition) is 1. The number of morpholine rings is 1. The van der Waals surface area contributed by atoms with Crippen LogP contribution in [0, 0.1) is 11.8 Å². The minimum atomic E-state index is -0.165. The zero-order valence-electron chi connectivity index (χ0n) is 20.9. The monoisotopic (exact) mass is 479 g/mol. The molecule has 3 atom stereocenters. The highest BCUT2D eigenvalue weighted by Crippen LogP contribution is 2.24. The number of aromatic nitrogens is 2. The van der Waals surface area contributed by atoms with Crippen molar-refractivity contribution in [1.29, 1.82) is 0 Å². The first-order valence-electron chi connectivity index (χ1n) is 12.7. The van der Waals surface area contributed by atoms with E-state index in [-0.39, 0.29) is 29.7 Å². The topological polar surface area (TPSA) is 79.7 Å². The number of ether oxygens (including phenoxy) is 1. The third-order valence-corrected chi connectivity index (χ3v) is 6.88. The molecule has 0 saturated carbocycles. The fourth-order valence-corrected chi connectivity index (χ4v) is 5.17. The van der Waals surface area contributed by atoms with Gasteiger partial charge in [0.2, 0.25) is 5.91 Å². The summed E-state index contributed by atoms with van der Waals surface area (Å²) in [6, 6.07) is 7.78. The number of hydrogen-bond acceptors (Lipinski definition) is 5. The molecule has 2 unspecified atom stereocenters. The lowest BCUT2D eigenvalue weighted by Gasteiger charge is -2.40. The second-order valence-electron chi connectivity index (χ2n) is 9.56. The van der Waals surface area contributed by atoms with Crippen LogP contribution in [0.25, 0.3) is 11.0 Å². The maximum absolute atomic E-state index is 14.1. The molecule has 1 aromatic heterocycles. The molecule has 2 aliphatic heterocycles. The predicted molar refractivity (Wildman–Crippen MR) is 136 cm³/mol. The van der Waals surface area contributed by atoms with Crippen molar-refractivity contribution in [2.45, 2.75) is 39.3 Å². The zero-order chi connectivity index (χ0) is 24.8. The Labute approximate surface area is 207 Å². The Kier molecular flexibility index (Phi) is 8.39. The van der Waals surface area contributed by atoms with Gasteiger partial charge in [0, 0.05) is 45.3 Å². The number of piperidine rings is 1. The van der Waals surface area contributed by atoms with Gasteiger partial charge in [-0.05, 0) is 37.0 Å². The van der Waals surface area contributed by atoms with Crippen molar-refractivity contribution in [2.75, 3.05) is 45.9 Å². The van der Waals surface area contributed by atoms with Gasteiger partial charge in [-0.1, -0.05) is 32.6 Å². The number of nitrogens with zero attached hydrogens (tertiary/aromatic N) is 4. The van der Waals surface area contributed by atoms with Crippen LogP contribution in [0.5, 0.6) is 0 Å². The number of carbonyl (C=O) groups is 2. The second kappa shape index (κ2) is 11.7. The van der Waals surface area contributed by atoms with Gasteiger partial charge in [-0.3, -0.25) is 9.59 Å². The summed E-state index contributed by atoms with van der Waals surface area (Å²) < 4.78 is 7.45. The first-order valence-corrected chi connectivity index (χ1v) is 12.7. The highest BCUT2D eigenvalue weighted by Gasteiger charge is 2.36. The summed E-state index contributed by atoms with van der Waals surface area (Å²) in [6.07, 6.45) is 3.42. The van der Waals surface area contributed by atoms with Crippen LogP contribution < -0.4 is 5.32 Å². The van der Waals surface area contributed by atoms with E-state index in [4.69, 9.17) is 9.72 Å². The lowest BCUT2D eigenvalue weighted by Crippen LogP contribution is -2.56. The zero-order valence-corrected chi connectivity index (χ0v) is 20.9. The fraction of sp³-hybridized carbons (Fsp3) is 0.556. The molecule has 1 aromatic carbocycles. The van der Waals surface area contributed by atoms with Crippen molar-refractivity contribution in [1.82, 2.24) is 24.7 Å². The summed E-state index contributed by atoms with van der Waals surface area (Å²) in [4.78, 5) is 35.9. The van der Waals surface area contributed by atoms with E-state index >= 15 is 0 Å². The van der Waals surface area contributed by atoms with Crippen molar-refractivity contribution >= 4 is 22.8 Å². The number of para-hydroxylation sites is 2. The Balaban J connectivity index is 1.62. The van der Waals surface area contributed by atoms with Crippen LogP contribution in [-0.4, -0.2) is 83.1 Å². The lowest BCUT2D eigenvalue weighted by molar-refractivity contribution is -0.140. The van der Waals surface area contributed by atoms with Crippen molar-refractivity contribution in [3.63, 3.8) is 0 Å². The van der Waals surface area contributed by atoms with Gasteiger partial charge in [-0.15, -0.1) is 5.73 Å². The molecule has 0 radical (unpaired) electrons. The molecule has 2 fully saturated rings. The van der Waals surface area contributed by atoms with Gasteiger partial charge in [0.05, 0.1) is 30.2 Å². The summed E-state index contributed by atoms with van der Waals surface area (Å²) in [5.41, 5.74) is 4.65. The number of fused-ring (bicyclic) bond motifs is 1. The van der Waals surface area contributed by atoms with E-state index in [1.807, 2.05) is 44.7 Å².